The fourth-order valence-electron chi connectivity index (χ4n) is 1.33. The van der Waals surface area contributed by atoms with Gasteiger partial charge in [0, 0.05) is 18.0 Å². The maximum absolute atomic E-state index is 13.5. The van der Waals surface area contributed by atoms with Crippen molar-refractivity contribution in [3.8, 4) is 6.19 Å². The van der Waals surface area contributed by atoms with Crippen LogP contribution in [0.1, 0.15) is 18.5 Å². The highest BCUT2D eigenvalue weighted by atomic mass is 32.2. The predicted octanol–water partition coefficient (Wildman–Crippen LogP) is 2.40. The van der Waals surface area contributed by atoms with Gasteiger partial charge in [-0.25, -0.2) is 9.37 Å². The SMILES string of the molecule is CSc1ncc(C(C)[N+](C#N)=S(C)O)cc1F. The van der Waals surface area contributed by atoms with Gasteiger partial charge < -0.3 is 4.55 Å². The Hall–Kier alpha value is -0.970. The summed E-state index contributed by atoms with van der Waals surface area (Å²) in [7, 11) is -1.18. The van der Waals surface area contributed by atoms with Gasteiger partial charge in [0.05, 0.1) is 0 Å². The number of nitrogens with zero attached hydrogens (tertiary/aromatic N) is 3. The summed E-state index contributed by atoms with van der Waals surface area (Å²) in [6, 6.07) is 0.942. The van der Waals surface area contributed by atoms with Gasteiger partial charge in [0.15, 0.2) is 11.1 Å². The summed E-state index contributed by atoms with van der Waals surface area (Å²) >= 11 is 1.22. The Morgan fingerprint density at radius 3 is 2.76 bits per heavy atom. The lowest BCUT2D eigenvalue weighted by Gasteiger charge is -2.09. The maximum Gasteiger partial charge on any atom is 0.468 e. The van der Waals surface area contributed by atoms with Gasteiger partial charge >= 0.3 is 6.19 Å². The molecule has 17 heavy (non-hydrogen) atoms. The first kappa shape index (κ1) is 14.1. The minimum atomic E-state index is -1.18. The van der Waals surface area contributed by atoms with E-state index in [0.29, 0.717) is 10.6 Å². The second-order valence-corrected chi connectivity index (χ2v) is 5.39. The van der Waals surface area contributed by atoms with Crippen molar-refractivity contribution >= 4 is 22.7 Å². The van der Waals surface area contributed by atoms with Gasteiger partial charge in [-0.1, -0.05) is 0 Å². The first-order valence-electron chi connectivity index (χ1n) is 4.74. The first-order valence-corrected chi connectivity index (χ1v) is 7.52. The molecule has 92 valence electrons. The second kappa shape index (κ2) is 6.10. The molecule has 1 aromatic heterocycles. The lowest BCUT2D eigenvalue weighted by Crippen LogP contribution is -2.15. The molecular formula is C10H13FN3OS2+. The number of halogens is 1. The molecule has 0 saturated carbocycles. The molecular weight excluding hydrogens is 261 g/mol. The lowest BCUT2D eigenvalue weighted by molar-refractivity contribution is -0.463. The third-order valence-corrected chi connectivity index (χ3v) is 3.89. The van der Waals surface area contributed by atoms with Crippen LogP contribution in [-0.4, -0.2) is 26.0 Å². The summed E-state index contributed by atoms with van der Waals surface area (Å²) in [5.41, 5.74) is 0.565. The van der Waals surface area contributed by atoms with Crippen molar-refractivity contribution in [1.29, 1.82) is 5.26 Å². The fraction of sp³-hybridized carbons (Fsp3) is 0.400. The van der Waals surface area contributed by atoms with E-state index in [9.17, 15) is 8.94 Å². The van der Waals surface area contributed by atoms with Crippen LogP contribution in [0, 0.1) is 17.3 Å². The summed E-state index contributed by atoms with van der Waals surface area (Å²) in [5.74, 6) is -0.409. The van der Waals surface area contributed by atoms with Crippen molar-refractivity contribution in [1.82, 2.24) is 4.98 Å². The number of aromatic nitrogens is 1. The molecule has 1 N–H and O–H groups in total. The van der Waals surface area contributed by atoms with E-state index in [1.807, 2.05) is 6.19 Å². The standard InChI is InChI=1S/C10H12FN3OS2/c1-7(14(6-12)17(3)15)8-4-9(11)10(16-2)13-5-8/h4-5,7H,1-3H3/p+1. The average molecular weight is 274 g/mol. The largest absolute Gasteiger partial charge is 0.468 e. The van der Waals surface area contributed by atoms with Crippen molar-refractivity contribution < 1.29 is 12.9 Å². The molecule has 2 unspecified atom stereocenters. The number of nitriles is 1. The van der Waals surface area contributed by atoms with Crippen LogP contribution in [0.3, 0.4) is 0 Å². The molecule has 0 saturated heterocycles. The quantitative estimate of drug-likeness (QED) is 0.398. The molecule has 0 fully saturated rings. The van der Waals surface area contributed by atoms with E-state index < -0.39 is 22.8 Å². The highest BCUT2D eigenvalue weighted by Gasteiger charge is 2.19. The molecule has 0 aliphatic rings. The smallest absolute Gasteiger partial charge is 0.306 e. The van der Waals surface area contributed by atoms with Crippen LogP contribution in [0.5, 0.6) is 0 Å². The van der Waals surface area contributed by atoms with E-state index >= 15 is 0 Å². The van der Waals surface area contributed by atoms with Gasteiger partial charge in [-0.15, -0.1) is 15.7 Å². The molecule has 1 rings (SSSR count). The van der Waals surface area contributed by atoms with E-state index in [4.69, 9.17) is 5.26 Å². The Balaban J connectivity index is 3.15. The summed E-state index contributed by atoms with van der Waals surface area (Å²) in [5, 5.41) is 9.23. The van der Waals surface area contributed by atoms with E-state index in [2.05, 4.69) is 4.98 Å². The summed E-state index contributed by atoms with van der Waals surface area (Å²) in [6.45, 7) is 1.72. The van der Waals surface area contributed by atoms with Gasteiger partial charge in [-0.3, -0.25) is 0 Å². The van der Waals surface area contributed by atoms with Crippen LogP contribution in [-0.2, 0) is 11.0 Å². The Morgan fingerprint density at radius 2 is 2.35 bits per heavy atom. The fourth-order valence-corrected chi connectivity index (χ4v) is 2.44. The topological polar surface area (TPSA) is 59.9 Å². The minimum Gasteiger partial charge on any atom is -0.306 e. The number of pyridine rings is 1. The van der Waals surface area contributed by atoms with Crippen molar-refractivity contribution in [2.24, 2.45) is 0 Å². The van der Waals surface area contributed by atoms with Gasteiger partial charge in [0.2, 0.25) is 0 Å². The molecule has 7 heteroatoms. The van der Waals surface area contributed by atoms with Gasteiger partial charge in [0.25, 0.3) is 0 Å². The molecule has 0 spiro atoms. The number of rotatable bonds is 3. The summed E-state index contributed by atoms with van der Waals surface area (Å²) in [6.07, 6.45) is 6.67. The molecule has 1 heterocycles. The van der Waals surface area contributed by atoms with Gasteiger partial charge in [-0.05, 0) is 19.2 Å². The minimum absolute atomic E-state index is 0.323. The normalized spacial score (nSPS) is 14.9. The molecule has 0 aliphatic heterocycles. The number of hydrogen-bond donors (Lipinski definition) is 1. The zero-order valence-corrected chi connectivity index (χ0v) is 11.3. The van der Waals surface area contributed by atoms with Crippen LogP contribution in [0.25, 0.3) is 0 Å². The lowest BCUT2D eigenvalue weighted by atomic mass is 10.1. The highest BCUT2D eigenvalue weighted by Crippen LogP contribution is 2.22. The van der Waals surface area contributed by atoms with Crippen molar-refractivity contribution in [3.63, 3.8) is 0 Å². The third-order valence-electron chi connectivity index (χ3n) is 2.24. The van der Waals surface area contributed by atoms with Gasteiger partial charge in [-0.2, -0.15) is 0 Å². The molecule has 1 aromatic rings. The molecule has 0 aromatic carbocycles. The second-order valence-electron chi connectivity index (χ2n) is 3.31. The van der Waals surface area contributed by atoms with Crippen LogP contribution in [0.2, 0.25) is 0 Å². The Kier molecular flexibility index (Phi) is 5.05. The Morgan fingerprint density at radius 1 is 1.71 bits per heavy atom. The zero-order valence-electron chi connectivity index (χ0n) is 9.72. The number of hydrogen-bond acceptors (Lipinski definition) is 3. The maximum atomic E-state index is 13.5. The molecule has 0 bridgehead atoms. The summed E-state index contributed by atoms with van der Waals surface area (Å²) in [4.78, 5) is 3.97. The molecule has 4 nitrogen and oxygen atoms in total. The Bertz CT molecular complexity index is 495. The van der Waals surface area contributed by atoms with E-state index in [1.54, 1.807) is 13.2 Å². The van der Waals surface area contributed by atoms with Crippen molar-refractivity contribution in [2.75, 3.05) is 12.5 Å². The van der Waals surface area contributed by atoms with E-state index in [0.717, 1.165) is 0 Å². The van der Waals surface area contributed by atoms with E-state index in [1.165, 1.54) is 34.2 Å². The molecule has 0 radical (unpaired) electrons. The summed E-state index contributed by atoms with van der Waals surface area (Å²) < 4.78 is 24.2. The van der Waals surface area contributed by atoms with Crippen molar-refractivity contribution in [3.05, 3.63) is 23.6 Å². The molecule has 0 aliphatic carbocycles. The number of thioether (sulfide) groups is 1. The van der Waals surface area contributed by atoms with Gasteiger partial charge in [0.1, 0.15) is 22.0 Å². The van der Waals surface area contributed by atoms with Crippen LogP contribution in [0.15, 0.2) is 17.3 Å². The average Bonchev–Trinajstić information content (AvgIpc) is 2.29. The van der Waals surface area contributed by atoms with Crippen LogP contribution in [0.4, 0.5) is 4.39 Å². The van der Waals surface area contributed by atoms with Crippen LogP contribution < -0.4 is 0 Å². The van der Waals surface area contributed by atoms with Crippen molar-refractivity contribution in [2.45, 2.75) is 18.0 Å². The third kappa shape index (κ3) is 3.25. The predicted molar refractivity (Wildman–Crippen MR) is 66.2 cm³/mol. The first-order chi connectivity index (χ1) is 8.01. The highest BCUT2D eigenvalue weighted by molar-refractivity contribution is 7.98. The molecule has 2 atom stereocenters. The van der Waals surface area contributed by atoms with E-state index in [-0.39, 0.29) is 0 Å². The Labute approximate surface area is 106 Å². The monoisotopic (exact) mass is 274 g/mol. The van der Waals surface area contributed by atoms with Crippen LogP contribution >= 0.6 is 11.8 Å². The molecule has 0 amide bonds. The zero-order chi connectivity index (χ0) is 13.0.